The van der Waals surface area contributed by atoms with Crippen LogP contribution in [0.5, 0.6) is 11.5 Å². The van der Waals surface area contributed by atoms with Crippen LogP contribution in [-0.2, 0) is 4.74 Å². The summed E-state index contributed by atoms with van der Waals surface area (Å²) in [5.74, 6) is 0.423. The number of methoxy groups -OCH3 is 2. The number of nitrogens with zero attached hydrogens (tertiary/aromatic N) is 1. The van der Waals surface area contributed by atoms with E-state index in [2.05, 4.69) is 0 Å². The summed E-state index contributed by atoms with van der Waals surface area (Å²) in [7, 11) is 3.03. The van der Waals surface area contributed by atoms with Crippen molar-refractivity contribution in [2.75, 3.05) is 33.9 Å². The van der Waals surface area contributed by atoms with Gasteiger partial charge in [0.15, 0.2) is 11.5 Å². The average molecular weight is 345 g/mol. The van der Waals surface area contributed by atoms with Crippen molar-refractivity contribution in [3.8, 4) is 11.5 Å². The molecule has 132 valence electrons. The Kier molecular flexibility index (Phi) is 5.19. The third kappa shape index (κ3) is 3.58. The predicted molar refractivity (Wildman–Crippen MR) is 90.5 cm³/mol. The fourth-order valence-corrected chi connectivity index (χ4v) is 2.97. The lowest BCUT2D eigenvalue weighted by atomic mass is 10.1. The fourth-order valence-electron chi connectivity index (χ4n) is 2.97. The molecule has 0 aromatic heterocycles. The maximum atomic E-state index is 13.5. The standard InChI is InChI=1S/C19H20FNO4/c1-23-16-8-4-7-15(18(16)24-2)19(22)21-9-10-25-17(12-21)13-5-3-6-14(20)11-13/h3-8,11,17H,9-10,12H2,1-2H3. The molecule has 25 heavy (non-hydrogen) atoms. The third-order valence-electron chi connectivity index (χ3n) is 4.21. The first-order valence-corrected chi connectivity index (χ1v) is 8.01. The summed E-state index contributed by atoms with van der Waals surface area (Å²) in [6.07, 6.45) is -0.356. The van der Waals surface area contributed by atoms with Crippen LogP contribution in [0, 0.1) is 5.82 Å². The predicted octanol–water partition coefficient (Wildman–Crippen LogP) is 3.06. The van der Waals surface area contributed by atoms with E-state index in [4.69, 9.17) is 14.2 Å². The Labute approximate surface area is 145 Å². The first-order valence-electron chi connectivity index (χ1n) is 8.01. The summed E-state index contributed by atoms with van der Waals surface area (Å²) in [4.78, 5) is 14.6. The van der Waals surface area contributed by atoms with Gasteiger partial charge in [0.1, 0.15) is 11.9 Å². The number of amides is 1. The number of para-hydroxylation sites is 1. The molecule has 2 aromatic rings. The van der Waals surface area contributed by atoms with Crippen molar-refractivity contribution in [1.82, 2.24) is 4.90 Å². The highest BCUT2D eigenvalue weighted by Crippen LogP contribution is 2.32. The minimum absolute atomic E-state index is 0.166. The molecule has 0 N–H and O–H groups in total. The van der Waals surface area contributed by atoms with E-state index in [0.717, 1.165) is 5.56 Å². The second-order valence-electron chi connectivity index (χ2n) is 5.71. The topological polar surface area (TPSA) is 48.0 Å². The van der Waals surface area contributed by atoms with E-state index >= 15 is 0 Å². The van der Waals surface area contributed by atoms with Gasteiger partial charge in [-0.15, -0.1) is 0 Å². The monoisotopic (exact) mass is 345 g/mol. The molecule has 1 fully saturated rings. The SMILES string of the molecule is COc1cccc(C(=O)N2CCOC(c3cccc(F)c3)C2)c1OC. The van der Waals surface area contributed by atoms with Crippen molar-refractivity contribution in [3.05, 3.63) is 59.4 Å². The van der Waals surface area contributed by atoms with Crippen LogP contribution in [-0.4, -0.2) is 44.7 Å². The van der Waals surface area contributed by atoms with Crippen LogP contribution in [0.4, 0.5) is 4.39 Å². The van der Waals surface area contributed by atoms with Gasteiger partial charge < -0.3 is 19.1 Å². The summed E-state index contributed by atoms with van der Waals surface area (Å²) >= 11 is 0. The van der Waals surface area contributed by atoms with Gasteiger partial charge in [-0.3, -0.25) is 4.79 Å². The molecule has 1 aliphatic heterocycles. The highest BCUT2D eigenvalue weighted by Gasteiger charge is 2.28. The lowest BCUT2D eigenvalue weighted by Gasteiger charge is -2.33. The molecule has 0 saturated carbocycles. The number of benzene rings is 2. The van der Waals surface area contributed by atoms with Crippen molar-refractivity contribution < 1.29 is 23.4 Å². The number of halogens is 1. The Bertz CT molecular complexity index is 765. The zero-order valence-electron chi connectivity index (χ0n) is 14.2. The Hall–Kier alpha value is -2.60. The zero-order chi connectivity index (χ0) is 17.8. The van der Waals surface area contributed by atoms with E-state index in [1.54, 1.807) is 35.2 Å². The highest BCUT2D eigenvalue weighted by molar-refractivity contribution is 5.98. The summed E-state index contributed by atoms with van der Waals surface area (Å²) in [5, 5.41) is 0. The maximum absolute atomic E-state index is 13.5. The van der Waals surface area contributed by atoms with Crippen LogP contribution in [0.15, 0.2) is 42.5 Å². The van der Waals surface area contributed by atoms with Crippen LogP contribution >= 0.6 is 0 Å². The van der Waals surface area contributed by atoms with Gasteiger partial charge in [-0.2, -0.15) is 0 Å². The molecular weight excluding hydrogens is 325 g/mol. The van der Waals surface area contributed by atoms with Crippen molar-refractivity contribution in [1.29, 1.82) is 0 Å². The Morgan fingerprint density at radius 1 is 1.20 bits per heavy atom. The van der Waals surface area contributed by atoms with Crippen LogP contribution in [0.1, 0.15) is 22.0 Å². The van der Waals surface area contributed by atoms with E-state index in [9.17, 15) is 9.18 Å². The third-order valence-corrected chi connectivity index (χ3v) is 4.21. The number of ether oxygens (including phenoxy) is 3. The first-order chi connectivity index (χ1) is 12.1. The summed E-state index contributed by atoms with van der Waals surface area (Å²) < 4.78 is 29.8. The largest absolute Gasteiger partial charge is 0.493 e. The molecule has 1 aliphatic rings. The lowest BCUT2D eigenvalue weighted by Crippen LogP contribution is -2.42. The van der Waals surface area contributed by atoms with Crippen molar-refractivity contribution in [3.63, 3.8) is 0 Å². The highest BCUT2D eigenvalue weighted by atomic mass is 19.1. The average Bonchev–Trinajstić information content (AvgIpc) is 2.66. The molecule has 0 aliphatic carbocycles. The molecule has 1 atom stereocenters. The Morgan fingerprint density at radius 2 is 2.00 bits per heavy atom. The van der Waals surface area contributed by atoms with Gasteiger partial charge in [-0.25, -0.2) is 4.39 Å². The molecule has 6 heteroatoms. The van der Waals surface area contributed by atoms with Gasteiger partial charge in [-0.1, -0.05) is 18.2 Å². The summed E-state index contributed by atoms with van der Waals surface area (Å²) in [6.45, 7) is 1.20. The lowest BCUT2D eigenvalue weighted by molar-refractivity contribution is -0.0230. The molecule has 0 radical (unpaired) electrons. The van der Waals surface area contributed by atoms with Gasteiger partial charge in [0.25, 0.3) is 5.91 Å². The summed E-state index contributed by atoms with van der Waals surface area (Å²) in [6, 6.07) is 11.5. The Balaban J connectivity index is 1.83. The van der Waals surface area contributed by atoms with Gasteiger partial charge in [0.2, 0.25) is 0 Å². The van der Waals surface area contributed by atoms with Crippen LogP contribution in [0.3, 0.4) is 0 Å². The molecule has 3 rings (SSSR count). The summed E-state index contributed by atoms with van der Waals surface area (Å²) in [5.41, 5.74) is 1.15. The van der Waals surface area contributed by atoms with Gasteiger partial charge in [0, 0.05) is 6.54 Å². The van der Waals surface area contributed by atoms with Crippen molar-refractivity contribution in [2.24, 2.45) is 0 Å². The molecule has 5 nitrogen and oxygen atoms in total. The number of rotatable bonds is 4. The van der Waals surface area contributed by atoms with E-state index in [0.29, 0.717) is 36.8 Å². The van der Waals surface area contributed by atoms with Crippen molar-refractivity contribution >= 4 is 5.91 Å². The number of hydrogen-bond donors (Lipinski definition) is 0. The number of carbonyl (C=O) groups excluding carboxylic acids is 1. The molecule has 1 heterocycles. The smallest absolute Gasteiger partial charge is 0.257 e. The zero-order valence-corrected chi connectivity index (χ0v) is 14.2. The van der Waals surface area contributed by atoms with E-state index < -0.39 is 0 Å². The second kappa shape index (κ2) is 7.53. The Morgan fingerprint density at radius 3 is 2.72 bits per heavy atom. The molecule has 0 spiro atoms. The fraction of sp³-hybridized carbons (Fsp3) is 0.316. The normalized spacial score (nSPS) is 17.2. The van der Waals surface area contributed by atoms with Crippen LogP contribution in [0.25, 0.3) is 0 Å². The van der Waals surface area contributed by atoms with Crippen molar-refractivity contribution in [2.45, 2.75) is 6.10 Å². The minimum Gasteiger partial charge on any atom is -0.493 e. The maximum Gasteiger partial charge on any atom is 0.257 e. The molecule has 1 amide bonds. The molecule has 2 aromatic carbocycles. The van der Waals surface area contributed by atoms with Crippen LogP contribution in [0.2, 0.25) is 0 Å². The number of hydrogen-bond acceptors (Lipinski definition) is 4. The molecular formula is C19H20FNO4. The first kappa shape index (κ1) is 17.2. The van der Waals surface area contributed by atoms with Gasteiger partial charge in [-0.05, 0) is 29.8 Å². The van der Waals surface area contributed by atoms with E-state index in [1.165, 1.54) is 26.4 Å². The number of carbonyl (C=O) groups is 1. The quantitative estimate of drug-likeness (QED) is 0.855. The van der Waals surface area contributed by atoms with E-state index in [1.807, 2.05) is 0 Å². The number of morpholine rings is 1. The molecule has 0 bridgehead atoms. The molecule has 1 unspecified atom stereocenters. The van der Waals surface area contributed by atoms with Crippen LogP contribution < -0.4 is 9.47 Å². The van der Waals surface area contributed by atoms with E-state index in [-0.39, 0.29) is 17.8 Å². The second-order valence-corrected chi connectivity index (χ2v) is 5.71. The molecule has 1 saturated heterocycles. The minimum atomic E-state index is -0.356. The van der Waals surface area contributed by atoms with Gasteiger partial charge in [0.05, 0.1) is 32.9 Å². The van der Waals surface area contributed by atoms with Gasteiger partial charge >= 0.3 is 0 Å².